The van der Waals surface area contributed by atoms with E-state index in [2.05, 4.69) is 10.6 Å². The topological polar surface area (TPSA) is 105 Å². The van der Waals surface area contributed by atoms with Gasteiger partial charge >= 0.3 is 0 Å². The quantitative estimate of drug-likeness (QED) is 0.618. The molecule has 7 nitrogen and oxygen atoms in total. The molecule has 2 fully saturated rings. The monoisotopic (exact) mass is 358 g/mol. The molecule has 0 saturated carbocycles. The van der Waals surface area contributed by atoms with Crippen LogP contribution in [0.3, 0.4) is 0 Å². The van der Waals surface area contributed by atoms with Crippen LogP contribution in [0.25, 0.3) is 0 Å². The summed E-state index contributed by atoms with van der Waals surface area (Å²) in [5, 5.41) is 5.37. The molecule has 140 valence electrons. The molecule has 0 radical (unpaired) electrons. The summed E-state index contributed by atoms with van der Waals surface area (Å²) in [5.74, 6) is -0.534. The minimum absolute atomic E-state index is 0.0710. The molecule has 0 aliphatic carbocycles. The van der Waals surface area contributed by atoms with Crippen molar-refractivity contribution in [3.8, 4) is 0 Å². The van der Waals surface area contributed by atoms with Gasteiger partial charge in [0.2, 0.25) is 17.7 Å². The molecule has 2 aliphatic heterocycles. The summed E-state index contributed by atoms with van der Waals surface area (Å²) in [6, 6.07) is 9.18. The Kier molecular flexibility index (Phi) is 6.00. The van der Waals surface area contributed by atoms with Gasteiger partial charge in [-0.2, -0.15) is 0 Å². The number of amides is 3. The number of nitrogens with one attached hydrogen (secondary N) is 2. The second-order valence-corrected chi connectivity index (χ2v) is 7.08. The normalized spacial score (nSPS) is 22.9. The van der Waals surface area contributed by atoms with Gasteiger partial charge in [-0.05, 0) is 31.2 Å². The lowest BCUT2D eigenvalue weighted by Crippen LogP contribution is -2.52. The molecule has 1 aromatic rings. The zero-order valence-electron chi connectivity index (χ0n) is 14.8. The molecule has 0 aromatic heterocycles. The fourth-order valence-electron chi connectivity index (χ4n) is 3.60. The first-order valence-corrected chi connectivity index (χ1v) is 9.20. The van der Waals surface area contributed by atoms with Crippen LogP contribution < -0.4 is 16.4 Å². The van der Waals surface area contributed by atoms with Gasteiger partial charge < -0.3 is 11.1 Å². The Bertz CT molecular complexity index is 656. The predicted molar refractivity (Wildman–Crippen MR) is 97.0 cm³/mol. The van der Waals surface area contributed by atoms with E-state index < -0.39 is 6.04 Å². The highest BCUT2D eigenvalue weighted by atomic mass is 16.2. The minimum atomic E-state index is -0.522. The van der Waals surface area contributed by atoms with Gasteiger partial charge in [-0.1, -0.05) is 30.3 Å². The third-order valence-corrected chi connectivity index (χ3v) is 5.18. The number of likely N-dealkylation sites (tertiary alicyclic amines) is 1. The van der Waals surface area contributed by atoms with Crippen molar-refractivity contribution >= 4 is 17.7 Å². The average molecular weight is 358 g/mol. The van der Waals surface area contributed by atoms with Crippen LogP contribution in [0.5, 0.6) is 0 Å². The van der Waals surface area contributed by atoms with E-state index in [0.29, 0.717) is 19.5 Å². The minimum Gasteiger partial charge on any atom is -0.352 e. The van der Waals surface area contributed by atoms with Gasteiger partial charge in [0.25, 0.3) is 0 Å². The van der Waals surface area contributed by atoms with Crippen molar-refractivity contribution in [3.05, 3.63) is 35.9 Å². The highest BCUT2D eigenvalue weighted by molar-refractivity contribution is 6.05. The summed E-state index contributed by atoms with van der Waals surface area (Å²) in [6.07, 6.45) is 3.14. The third-order valence-electron chi connectivity index (χ3n) is 5.18. The number of hydrogen-bond donors (Lipinski definition) is 3. The molecular formula is C19H26N4O3. The Hall–Kier alpha value is -2.25. The van der Waals surface area contributed by atoms with E-state index in [9.17, 15) is 14.4 Å². The van der Waals surface area contributed by atoms with Crippen molar-refractivity contribution in [2.45, 2.75) is 50.2 Å². The summed E-state index contributed by atoms with van der Waals surface area (Å²) < 4.78 is 0. The molecule has 0 bridgehead atoms. The van der Waals surface area contributed by atoms with Crippen molar-refractivity contribution in [1.82, 2.24) is 15.5 Å². The fourth-order valence-corrected chi connectivity index (χ4v) is 3.60. The van der Waals surface area contributed by atoms with E-state index >= 15 is 0 Å². The van der Waals surface area contributed by atoms with Crippen molar-refractivity contribution in [2.75, 3.05) is 13.1 Å². The first-order chi connectivity index (χ1) is 12.5. The number of aryl methyl sites for hydroxylation is 1. The summed E-state index contributed by atoms with van der Waals surface area (Å²) in [4.78, 5) is 37.4. The summed E-state index contributed by atoms with van der Waals surface area (Å²) >= 11 is 0. The van der Waals surface area contributed by atoms with E-state index in [1.54, 1.807) is 0 Å². The zero-order chi connectivity index (χ0) is 18.5. The SMILES string of the molecule is N[C@@H](CCc1ccccc1)C(=O)NC1CCN(C2CC(=O)NC2=O)CC1. The Balaban J connectivity index is 1.40. The van der Waals surface area contributed by atoms with Crippen LogP contribution in [0, 0.1) is 0 Å². The van der Waals surface area contributed by atoms with E-state index in [1.807, 2.05) is 35.2 Å². The van der Waals surface area contributed by atoms with Gasteiger partial charge in [-0.15, -0.1) is 0 Å². The van der Waals surface area contributed by atoms with Gasteiger partial charge in [-0.3, -0.25) is 24.6 Å². The number of carbonyl (C=O) groups is 3. The van der Waals surface area contributed by atoms with Crippen LogP contribution in [0.1, 0.15) is 31.2 Å². The largest absolute Gasteiger partial charge is 0.352 e. The van der Waals surface area contributed by atoms with Crippen LogP contribution in [-0.2, 0) is 20.8 Å². The Morgan fingerprint density at radius 1 is 1.23 bits per heavy atom. The summed E-state index contributed by atoms with van der Waals surface area (Å²) in [5.41, 5.74) is 7.20. The lowest BCUT2D eigenvalue weighted by atomic mass is 10.0. The average Bonchev–Trinajstić information content (AvgIpc) is 2.99. The summed E-state index contributed by atoms with van der Waals surface area (Å²) in [6.45, 7) is 1.38. The molecule has 3 amide bonds. The van der Waals surface area contributed by atoms with Crippen LogP contribution in [-0.4, -0.2) is 53.8 Å². The number of benzene rings is 1. The molecule has 2 saturated heterocycles. The van der Waals surface area contributed by atoms with E-state index in [4.69, 9.17) is 5.73 Å². The number of rotatable bonds is 6. The molecule has 4 N–H and O–H groups in total. The smallest absolute Gasteiger partial charge is 0.244 e. The highest BCUT2D eigenvalue weighted by Crippen LogP contribution is 2.18. The van der Waals surface area contributed by atoms with E-state index in [1.165, 1.54) is 5.56 Å². The maximum absolute atomic E-state index is 12.3. The van der Waals surface area contributed by atoms with E-state index in [-0.39, 0.29) is 36.2 Å². The van der Waals surface area contributed by atoms with Crippen molar-refractivity contribution in [3.63, 3.8) is 0 Å². The second kappa shape index (κ2) is 8.42. The molecule has 26 heavy (non-hydrogen) atoms. The van der Waals surface area contributed by atoms with Crippen molar-refractivity contribution in [2.24, 2.45) is 5.73 Å². The molecular weight excluding hydrogens is 332 g/mol. The van der Waals surface area contributed by atoms with Crippen molar-refractivity contribution in [1.29, 1.82) is 0 Å². The highest BCUT2D eigenvalue weighted by Gasteiger charge is 2.37. The standard InChI is InChI=1S/C19H26N4O3/c20-15(7-6-13-4-2-1-3-5-13)18(25)21-14-8-10-23(11-9-14)16-12-17(24)22-19(16)26/h1-5,14-16H,6-12,20H2,(H,21,25)(H,22,24,26)/t15-,16?/m0/s1. The number of imide groups is 1. The Morgan fingerprint density at radius 2 is 1.92 bits per heavy atom. The lowest BCUT2D eigenvalue weighted by Gasteiger charge is -2.35. The fraction of sp³-hybridized carbons (Fsp3) is 0.526. The Labute approximate surface area is 153 Å². The van der Waals surface area contributed by atoms with Gasteiger partial charge in [0.05, 0.1) is 18.5 Å². The first-order valence-electron chi connectivity index (χ1n) is 9.20. The van der Waals surface area contributed by atoms with Gasteiger partial charge in [0.1, 0.15) is 0 Å². The van der Waals surface area contributed by atoms with Crippen LogP contribution in [0.2, 0.25) is 0 Å². The van der Waals surface area contributed by atoms with Gasteiger partial charge in [0, 0.05) is 19.1 Å². The molecule has 2 aliphatic rings. The first kappa shape index (κ1) is 18.5. The van der Waals surface area contributed by atoms with Crippen LogP contribution >= 0.6 is 0 Å². The maximum Gasteiger partial charge on any atom is 0.244 e. The van der Waals surface area contributed by atoms with Crippen molar-refractivity contribution < 1.29 is 14.4 Å². The second-order valence-electron chi connectivity index (χ2n) is 7.08. The van der Waals surface area contributed by atoms with Gasteiger partial charge in [0.15, 0.2) is 0 Å². The van der Waals surface area contributed by atoms with Gasteiger partial charge in [-0.25, -0.2) is 0 Å². The third kappa shape index (κ3) is 4.68. The zero-order valence-corrected chi connectivity index (χ0v) is 14.8. The number of carbonyl (C=O) groups excluding carboxylic acids is 3. The predicted octanol–water partition coefficient (Wildman–Crippen LogP) is -0.0578. The maximum atomic E-state index is 12.3. The number of piperidine rings is 1. The van der Waals surface area contributed by atoms with Crippen LogP contribution in [0.15, 0.2) is 30.3 Å². The number of hydrogen-bond acceptors (Lipinski definition) is 5. The Morgan fingerprint density at radius 3 is 2.54 bits per heavy atom. The van der Waals surface area contributed by atoms with E-state index in [0.717, 1.165) is 19.3 Å². The molecule has 1 aromatic carbocycles. The summed E-state index contributed by atoms with van der Waals surface area (Å²) in [7, 11) is 0. The molecule has 0 spiro atoms. The molecule has 2 atom stereocenters. The molecule has 7 heteroatoms. The molecule has 1 unspecified atom stereocenters. The molecule has 3 rings (SSSR count). The molecule has 2 heterocycles. The van der Waals surface area contributed by atoms with Crippen LogP contribution in [0.4, 0.5) is 0 Å². The number of nitrogens with two attached hydrogens (primary N) is 1. The lowest BCUT2D eigenvalue weighted by molar-refractivity contribution is -0.127. The number of nitrogens with zero attached hydrogens (tertiary/aromatic N) is 1.